The van der Waals surface area contributed by atoms with Gasteiger partial charge in [-0.1, -0.05) is 0 Å². The van der Waals surface area contributed by atoms with Gasteiger partial charge in [-0.2, -0.15) is 0 Å². The van der Waals surface area contributed by atoms with Crippen molar-refractivity contribution in [1.29, 1.82) is 0 Å². The lowest BCUT2D eigenvalue weighted by Gasteiger charge is -2.07. The molecule has 0 aliphatic rings. The number of aromatic nitrogens is 2. The highest BCUT2D eigenvalue weighted by Gasteiger charge is 2.05. The molecule has 2 rings (SSSR count). The summed E-state index contributed by atoms with van der Waals surface area (Å²) in [6.45, 7) is 0. The van der Waals surface area contributed by atoms with E-state index in [9.17, 15) is 0 Å². The number of methoxy groups -OCH3 is 1. The predicted molar refractivity (Wildman–Crippen MR) is 71.3 cm³/mol. The summed E-state index contributed by atoms with van der Waals surface area (Å²) in [4.78, 5) is 8.23. The largest absolute Gasteiger partial charge is 0.497 e. The van der Waals surface area contributed by atoms with Crippen molar-refractivity contribution >= 4 is 11.5 Å². The van der Waals surface area contributed by atoms with Crippen LogP contribution in [-0.2, 0) is 12.8 Å². The number of ether oxygens (including phenoxy) is 1. The molecule has 0 bridgehead atoms. The van der Waals surface area contributed by atoms with Gasteiger partial charge in [0, 0.05) is 24.2 Å². The number of hydrogen-bond acceptors (Lipinski definition) is 5. The van der Waals surface area contributed by atoms with Crippen molar-refractivity contribution in [1.82, 2.24) is 9.97 Å². The van der Waals surface area contributed by atoms with Crippen LogP contribution >= 0.6 is 0 Å². The lowest BCUT2D eigenvalue weighted by atomic mass is 10.1. The summed E-state index contributed by atoms with van der Waals surface area (Å²) < 4.78 is 5.16. The Morgan fingerprint density at radius 3 is 2.67 bits per heavy atom. The number of nitrogens with two attached hydrogens (primary N) is 2. The van der Waals surface area contributed by atoms with Gasteiger partial charge in [-0.05, 0) is 30.5 Å². The van der Waals surface area contributed by atoms with E-state index in [0.717, 1.165) is 29.8 Å². The molecule has 0 amide bonds. The molecule has 0 aliphatic carbocycles. The van der Waals surface area contributed by atoms with Gasteiger partial charge in [-0.15, -0.1) is 0 Å². The SMILES string of the molecule is COc1ccnc(CCc2ccnc(N)c2N)c1. The first kappa shape index (κ1) is 12.2. The highest BCUT2D eigenvalue weighted by atomic mass is 16.5. The molecule has 18 heavy (non-hydrogen) atoms. The van der Waals surface area contributed by atoms with Crippen molar-refractivity contribution in [3.63, 3.8) is 0 Å². The van der Waals surface area contributed by atoms with Crippen LogP contribution in [-0.4, -0.2) is 17.1 Å². The Labute approximate surface area is 106 Å². The van der Waals surface area contributed by atoms with E-state index in [1.165, 1.54) is 0 Å². The van der Waals surface area contributed by atoms with Gasteiger partial charge in [0.15, 0.2) is 0 Å². The van der Waals surface area contributed by atoms with Crippen LogP contribution in [0.3, 0.4) is 0 Å². The molecule has 0 fully saturated rings. The molecule has 0 aliphatic heterocycles. The highest BCUT2D eigenvalue weighted by molar-refractivity contribution is 5.62. The molecular weight excluding hydrogens is 228 g/mol. The molecule has 2 aromatic heterocycles. The van der Waals surface area contributed by atoms with Gasteiger partial charge < -0.3 is 16.2 Å². The number of nitrogen functional groups attached to an aromatic ring is 2. The molecule has 0 atom stereocenters. The topological polar surface area (TPSA) is 87.0 Å². The first-order chi connectivity index (χ1) is 8.70. The third-order valence-electron chi connectivity index (χ3n) is 2.79. The predicted octanol–water partition coefficient (Wildman–Crippen LogP) is 1.43. The van der Waals surface area contributed by atoms with Crippen LogP contribution in [0.5, 0.6) is 5.75 Å². The van der Waals surface area contributed by atoms with Gasteiger partial charge in [0.2, 0.25) is 0 Å². The van der Waals surface area contributed by atoms with Gasteiger partial charge in [-0.3, -0.25) is 4.98 Å². The first-order valence-electron chi connectivity index (χ1n) is 5.68. The minimum Gasteiger partial charge on any atom is -0.497 e. The Morgan fingerprint density at radius 2 is 1.89 bits per heavy atom. The van der Waals surface area contributed by atoms with E-state index >= 15 is 0 Å². The average Bonchev–Trinajstić information content (AvgIpc) is 2.41. The fourth-order valence-corrected chi connectivity index (χ4v) is 1.73. The maximum atomic E-state index is 5.87. The van der Waals surface area contributed by atoms with Crippen LogP contribution < -0.4 is 16.2 Å². The molecular formula is C13H16N4O. The minimum atomic E-state index is 0.381. The molecule has 0 unspecified atom stereocenters. The Kier molecular flexibility index (Phi) is 3.62. The van der Waals surface area contributed by atoms with Gasteiger partial charge in [0.25, 0.3) is 0 Å². The van der Waals surface area contributed by atoms with Crippen molar-refractivity contribution in [2.75, 3.05) is 18.6 Å². The van der Waals surface area contributed by atoms with E-state index in [-0.39, 0.29) is 0 Å². The first-order valence-corrected chi connectivity index (χ1v) is 5.68. The Morgan fingerprint density at radius 1 is 1.11 bits per heavy atom. The number of nitrogens with zero attached hydrogens (tertiary/aromatic N) is 2. The van der Waals surface area contributed by atoms with Crippen molar-refractivity contribution in [2.24, 2.45) is 0 Å². The van der Waals surface area contributed by atoms with E-state index in [1.54, 1.807) is 19.5 Å². The van der Waals surface area contributed by atoms with Crippen molar-refractivity contribution < 1.29 is 4.74 Å². The van der Waals surface area contributed by atoms with E-state index in [4.69, 9.17) is 16.2 Å². The Bertz CT molecular complexity index is 542. The lowest BCUT2D eigenvalue weighted by molar-refractivity contribution is 0.413. The lowest BCUT2D eigenvalue weighted by Crippen LogP contribution is -2.03. The zero-order valence-corrected chi connectivity index (χ0v) is 10.3. The molecule has 5 nitrogen and oxygen atoms in total. The van der Waals surface area contributed by atoms with Crippen LogP contribution in [0.25, 0.3) is 0 Å². The molecule has 94 valence electrons. The smallest absolute Gasteiger partial charge is 0.146 e. The van der Waals surface area contributed by atoms with Crippen LogP contribution in [0, 0.1) is 0 Å². The average molecular weight is 244 g/mol. The fourth-order valence-electron chi connectivity index (χ4n) is 1.73. The number of rotatable bonds is 4. The van der Waals surface area contributed by atoms with Crippen molar-refractivity contribution in [3.05, 3.63) is 41.9 Å². The summed E-state index contributed by atoms with van der Waals surface area (Å²) in [5.74, 6) is 1.19. The van der Waals surface area contributed by atoms with Gasteiger partial charge in [0.1, 0.15) is 11.6 Å². The third kappa shape index (κ3) is 2.68. The van der Waals surface area contributed by atoms with Crippen molar-refractivity contribution in [3.8, 4) is 5.75 Å². The maximum Gasteiger partial charge on any atom is 0.146 e. The number of hydrogen-bond donors (Lipinski definition) is 2. The molecule has 0 saturated heterocycles. The van der Waals surface area contributed by atoms with E-state index in [2.05, 4.69) is 9.97 Å². The van der Waals surface area contributed by atoms with Crippen LogP contribution in [0.2, 0.25) is 0 Å². The van der Waals surface area contributed by atoms with Crippen LogP contribution in [0.4, 0.5) is 11.5 Å². The summed E-state index contributed by atoms with van der Waals surface area (Å²) in [5, 5.41) is 0. The monoisotopic (exact) mass is 244 g/mol. The quantitative estimate of drug-likeness (QED) is 0.849. The van der Waals surface area contributed by atoms with Crippen molar-refractivity contribution in [2.45, 2.75) is 12.8 Å². The zero-order valence-electron chi connectivity index (χ0n) is 10.3. The Balaban J connectivity index is 2.09. The summed E-state index contributed by atoms with van der Waals surface area (Å²) >= 11 is 0. The number of anilines is 2. The minimum absolute atomic E-state index is 0.381. The normalized spacial score (nSPS) is 10.3. The zero-order chi connectivity index (χ0) is 13.0. The second-order valence-electron chi connectivity index (χ2n) is 3.96. The molecule has 5 heteroatoms. The summed E-state index contributed by atoms with van der Waals surface area (Å²) in [6.07, 6.45) is 4.96. The highest BCUT2D eigenvalue weighted by Crippen LogP contribution is 2.19. The Hall–Kier alpha value is -2.30. The number of aryl methyl sites for hydroxylation is 2. The molecule has 2 aromatic rings. The van der Waals surface area contributed by atoms with E-state index in [1.807, 2.05) is 18.2 Å². The fraction of sp³-hybridized carbons (Fsp3) is 0.231. The summed E-state index contributed by atoms with van der Waals surface area (Å²) in [7, 11) is 1.64. The molecule has 0 saturated carbocycles. The molecule has 0 aromatic carbocycles. The molecule has 0 radical (unpaired) electrons. The standard InChI is InChI=1S/C13H16N4O/c1-18-11-5-7-16-10(8-11)3-2-9-4-6-17-13(15)12(9)14/h4-8H,2-3,14H2,1H3,(H2,15,17). The van der Waals surface area contributed by atoms with E-state index in [0.29, 0.717) is 11.5 Å². The summed E-state index contributed by atoms with van der Waals surface area (Å²) in [6, 6.07) is 5.62. The second kappa shape index (κ2) is 5.35. The second-order valence-corrected chi connectivity index (χ2v) is 3.96. The molecule has 2 heterocycles. The number of pyridine rings is 2. The maximum absolute atomic E-state index is 5.87. The van der Waals surface area contributed by atoms with Gasteiger partial charge in [-0.25, -0.2) is 4.98 Å². The van der Waals surface area contributed by atoms with Crippen LogP contribution in [0.15, 0.2) is 30.6 Å². The van der Waals surface area contributed by atoms with Crippen LogP contribution in [0.1, 0.15) is 11.3 Å². The molecule has 0 spiro atoms. The summed E-state index contributed by atoms with van der Waals surface area (Å²) in [5.41, 5.74) is 14.0. The van der Waals surface area contributed by atoms with Gasteiger partial charge in [0.05, 0.1) is 12.8 Å². The van der Waals surface area contributed by atoms with Gasteiger partial charge >= 0.3 is 0 Å². The van der Waals surface area contributed by atoms with E-state index < -0.39 is 0 Å². The molecule has 4 N–H and O–H groups in total. The third-order valence-corrected chi connectivity index (χ3v) is 2.79.